The summed E-state index contributed by atoms with van der Waals surface area (Å²) in [6.45, 7) is 7.34. The number of H-pyrrole nitrogens is 1. The van der Waals surface area contributed by atoms with E-state index in [-0.39, 0.29) is 5.97 Å². The van der Waals surface area contributed by atoms with Crippen molar-refractivity contribution in [1.82, 2.24) is 24.6 Å². The maximum absolute atomic E-state index is 12.6. The molecule has 7 nitrogen and oxygen atoms in total. The number of rotatable bonds is 8. The molecule has 3 heterocycles. The van der Waals surface area contributed by atoms with Gasteiger partial charge in [0.15, 0.2) is 5.69 Å². The van der Waals surface area contributed by atoms with E-state index in [9.17, 15) is 4.79 Å². The molecule has 0 saturated carbocycles. The van der Waals surface area contributed by atoms with Crippen molar-refractivity contribution in [2.45, 2.75) is 52.7 Å². The maximum atomic E-state index is 12.6. The summed E-state index contributed by atoms with van der Waals surface area (Å²) in [5.74, 6) is 0.593. The van der Waals surface area contributed by atoms with E-state index >= 15 is 0 Å². The second-order valence-electron chi connectivity index (χ2n) is 7.76. The van der Waals surface area contributed by atoms with Gasteiger partial charge >= 0.3 is 5.97 Å². The number of ether oxygens (including phenoxy) is 1. The molecule has 0 saturated heterocycles. The van der Waals surface area contributed by atoms with Crippen molar-refractivity contribution in [3.05, 3.63) is 70.6 Å². The monoisotopic (exact) mass is 407 g/mol. The van der Waals surface area contributed by atoms with Crippen LogP contribution in [0, 0.1) is 6.92 Å². The zero-order chi connectivity index (χ0) is 20.9. The molecule has 0 bridgehead atoms. The first kappa shape index (κ1) is 20.3. The van der Waals surface area contributed by atoms with Crippen LogP contribution in [0.2, 0.25) is 0 Å². The van der Waals surface area contributed by atoms with Crippen molar-refractivity contribution < 1.29 is 9.53 Å². The molecule has 0 aliphatic carbocycles. The van der Waals surface area contributed by atoms with Gasteiger partial charge in [-0.25, -0.2) is 9.78 Å². The number of fused-ring (bicyclic) bond motifs is 1. The minimum Gasteiger partial charge on any atom is -0.461 e. The lowest BCUT2D eigenvalue weighted by Gasteiger charge is -2.27. The van der Waals surface area contributed by atoms with Crippen LogP contribution in [0.1, 0.15) is 52.2 Å². The van der Waals surface area contributed by atoms with E-state index in [4.69, 9.17) is 4.74 Å². The molecule has 0 unspecified atom stereocenters. The van der Waals surface area contributed by atoms with Gasteiger partial charge in [-0.1, -0.05) is 30.3 Å². The number of nitrogens with zero attached hydrogens (tertiary/aromatic N) is 4. The van der Waals surface area contributed by atoms with Gasteiger partial charge < -0.3 is 9.72 Å². The van der Waals surface area contributed by atoms with Gasteiger partial charge in [-0.3, -0.25) is 9.58 Å². The lowest BCUT2D eigenvalue weighted by Crippen LogP contribution is -2.31. The Hall–Kier alpha value is -2.93. The summed E-state index contributed by atoms with van der Waals surface area (Å²) in [5, 5.41) is 4.68. The molecule has 1 N–H and O–H groups in total. The normalized spacial score (nSPS) is 13.9. The Morgan fingerprint density at radius 2 is 2.10 bits per heavy atom. The van der Waals surface area contributed by atoms with Crippen LogP contribution in [0.3, 0.4) is 0 Å². The third kappa shape index (κ3) is 4.62. The highest BCUT2D eigenvalue weighted by Crippen LogP contribution is 2.25. The first-order chi connectivity index (χ1) is 14.6. The van der Waals surface area contributed by atoms with Gasteiger partial charge in [0.05, 0.1) is 6.61 Å². The highest BCUT2D eigenvalue weighted by Gasteiger charge is 2.29. The molecule has 4 rings (SSSR count). The molecular formula is C23H29N5O2. The van der Waals surface area contributed by atoms with E-state index in [0.29, 0.717) is 18.8 Å². The van der Waals surface area contributed by atoms with Crippen molar-refractivity contribution in [2.24, 2.45) is 0 Å². The van der Waals surface area contributed by atoms with E-state index in [1.807, 2.05) is 30.8 Å². The van der Waals surface area contributed by atoms with Crippen LogP contribution in [0.15, 0.2) is 36.5 Å². The van der Waals surface area contributed by atoms with Gasteiger partial charge in [0.25, 0.3) is 0 Å². The highest BCUT2D eigenvalue weighted by molar-refractivity contribution is 5.89. The van der Waals surface area contributed by atoms with Gasteiger partial charge in [-0.15, -0.1) is 0 Å². The zero-order valence-electron chi connectivity index (χ0n) is 17.7. The van der Waals surface area contributed by atoms with Crippen LogP contribution in [0.5, 0.6) is 0 Å². The largest absolute Gasteiger partial charge is 0.461 e. The number of hydrogen-bond acceptors (Lipinski definition) is 5. The van der Waals surface area contributed by atoms with Crippen LogP contribution in [0.4, 0.5) is 0 Å². The summed E-state index contributed by atoms with van der Waals surface area (Å²) in [5.41, 5.74) is 5.06. The number of esters is 1. The molecule has 1 aromatic carbocycles. The van der Waals surface area contributed by atoms with Gasteiger partial charge in [-0.05, 0) is 32.3 Å². The molecule has 1 aliphatic rings. The number of aryl methyl sites for hydroxylation is 3. The first-order valence-corrected chi connectivity index (χ1v) is 10.7. The third-order valence-electron chi connectivity index (χ3n) is 5.51. The molecule has 0 amide bonds. The quantitative estimate of drug-likeness (QED) is 0.580. The number of imidazole rings is 1. The summed E-state index contributed by atoms with van der Waals surface area (Å²) < 4.78 is 7.32. The van der Waals surface area contributed by atoms with E-state index in [1.165, 1.54) is 11.3 Å². The average Bonchev–Trinajstić information content (AvgIpc) is 3.32. The fourth-order valence-electron chi connectivity index (χ4n) is 4.10. The Morgan fingerprint density at radius 3 is 2.83 bits per heavy atom. The van der Waals surface area contributed by atoms with Crippen LogP contribution in [-0.2, 0) is 37.2 Å². The molecule has 0 atom stereocenters. The Balaban J connectivity index is 1.50. The Bertz CT molecular complexity index is 992. The zero-order valence-corrected chi connectivity index (χ0v) is 17.7. The SMILES string of the molecule is CCOC(=O)c1nn(CCCc2ccccc2)c2c1CN(Cc1cnc(C)[nH]1)CC2. The topological polar surface area (TPSA) is 76.0 Å². The molecule has 3 aromatic rings. The molecule has 0 radical (unpaired) electrons. The van der Waals surface area contributed by atoms with Gasteiger partial charge in [0, 0.05) is 55.7 Å². The second-order valence-corrected chi connectivity index (χ2v) is 7.76. The fourth-order valence-corrected chi connectivity index (χ4v) is 4.10. The second kappa shape index (κ2) is 9.26. The van der Waals surface area contributed by atoms with Crippen molar-refractivity contribution in [3.63, 3.8) is 0 Å². The van der Waals surface area contributed by atoms with Crippen LogP contribution in [-0.4, -0.2) is 43.8 Å². The molecular weight excluding hydrogens is 378 g/mol. The van der Waals surface area contributed by atoms with Gasteiger partial charge in [-0.2, -0.15) is 5.10 Å². The molecule has 0 spiro atoms. The summed E-state index contributed by atoms with van der Waals surface area (Å²) in [6, 6.07) is 10.5. The van der Waals surface area contributed by atoms with Crippen molar-refractivity contribution in [3.8, 4) is 0 Å². The number of hydrogen-bond donors (Lipinski definition) is 1. The van der Waals surface area contributed by atoms with Crippen molar-refractivity contribution >= 4 is 5.97 Å². The van der Waals surface area contributed by atoms with Crippen LogP contribution >= 0.6 is 0 Å². The predicted octanol–water partition coefficient (Wildman–Crippen LogP) is 3.28. The Labute approximate surface area is 177 Å². The molecule has 30 heavy (non-hydrogen) atoms. The summed E-state index contributed by atoms with van der Waals surface area (Å²) >= 11 is 0. The molecule has 158 valence electrons. The fraction of sp³-hybridized carbons (Fsp3) is 0.435. The van der Waals surface area contributed by atoms with Gasteiger partial charge in [0.2, 0.25) is 0 Å². The predicted molar refractivity (Wildman–Crippen MR) is 114 cm³/mol. The first-order valence-electron chi connectivity index (χ1n) is 10.7. The standard InChI is InChI=1S/C23H29N5O2/c1-3-30-23(29)22-20-16-27(15-19-14-24-17(2)25-19)13-11-21(20)28(26-22)12-7-10-18-8-5-4-6-9-18/h4-6,8-9,14H,3,7,10-13,15-16H2,1-2H3,(H,24,25). The molecule has 2 aromatic heterocycles. The smallest absolute Gasteiger partial charge is 0.359 e. The van der Waals surface area contributed by atoms with Gasteiger partial charge in [0.1, 0.15) is 5.82 Å². The molecule has 1 aliphatic heterocycles. The lowest BCUT2D eigenvalue weighted by molar-refractivity contribution is 0.0515. The highest BCUT2D eigenvalue weighted by atomic mass is 16.5. The van der Waals surface area contributed by atoms with Crippen LogP contribution in [0.25, 0.3) is 0 Å². The van der Waals surface area contributed by atoms with Crippen molar-refractivity contribution in [2.75, 3.05) is 13.2 Å². The lowest BCUT2D eigenvalue weighted by atomic mass is 10.0. The number of carbonyl (C=O) groups excluding carboxylic acids is 1. The molecule has 7 heteroatoms. The average molecular weight is 408 g/mol. The minimum absolute atomic E-state index is 0.324. The van der Waals surface area contributed by atoms with E-state index < -0.39 is 0 Å². The maximum Gasteiger partial charge on any atom is 0.359 e. The summed E-state index contributed by atoms with van der Waals surface area (Å²) in [6.07, 6.45) is 4.73. The number of nitrogens with one attached hydrogen (secondary N) is 1. The Morgan fingerprint density at radius 1 is 1.27 bits per heavy atom. The summed E-state index contributed by atoms with van der Waals surface area (Å²) in [4.78, 5) is 22.5. The van der Waals surface area contributed by atoms with Crippen LogP contribution < -0.4 is 0 Å². The third-order valence-corrected chi connectivity index (χ3v) is 5.51. The Kier molecular flexibility index (Phi) is 6.28. The van der Waals surface area contributed by atoms with E-state index in [2.05, 4.69) is 44.2 Å². The van der Waals surface area contributed by atoms with E-state index in [0.717, 1.165) is 56.0 Å². The summed E-state index contributed by atoms with van der Waals surface area (Å²) in [7, 11) is 0. The number of aromatic nitrogens is 4. The van der Waals surface area contributed by atoms with Crippen molar-refractivity contribution in [1.29, 1.82) is 0 Å². The number of aromatic amines is 1. The minimum atomic E-state index is -0.324. The van der Waals surface area contributed by atoms with E-state index in [1.54, 1.807) is 0 Å². The number of carbonyl (C=O) groups is 1. The molecule has 0 fully saturated rings. The number of benzene rings is 1.